The van der Waals surface area contributed by atoms with Gasteiger partial charge in [-0.2, -0.15) is 13.2 Å². The maximum atomic E-state index is 15.2. The van der Waals surface area contributed by atoms with Crippen molar-refractivity contribution in [3.05, 3.63) is 53.8 Å². The van der Waals surface area contributed by atoms with Crippen LogP contribution in [0, 0.1) is 11.6 Å². The Bertz CT molecular complexity index is 1170. The third-order valence-corrected chi connectivity index (χ3v) is 5.80. The first-order valence-corrected chi connectivity index (χ1v) is 9.81. The van der Waals surface area contributed by atoms with E-state index in [0.29, 0.717) is 12.1 Å². The molecular weight excluding hydrogens is 448 g/mol. The van der Waals surface area contributed by atoms with Crippen molar-refractivity contribution in [2.75, 3.05) is 0 Å². The fraction of sp³-hybridized carbons (Fsp3) is 0.318. The predicted octanol–water partition coefficient (Wildman–Crippen LogP) is 4.80. The second kappa shape index (κ2) is 8.46. The molecule has 1 aromatic heterocycles. The van der Waals surface area contributed by atoms with E-state index < -0.39 is 41.7 Å². The lowest BCUT2D eigenvalue weighted by Crippen LogP contribution is -2.41. The highest BCUT2D eigenvalue weighted by atomic mass is 19.4. The molecule has 0 saturated carbocycles. The van der Waals surface area contributed by atoms with Gasteiger partial charge in [-0.3, -0.25) is 4.79 Å². The Kier molecular flexibility index (Phi) is 6.34. The number of furan rings is 1. The molecule has 1 amide bonds. The Morgan fingerprint density at radius 3 is 2.09 bits per heavy atom. The minimum Gasteiger partial charge on any atom is -0.461 e. The molecule has 0 atom stereocenters. The van der Waals surface area contributed by atoms with E-state index in [2.05, 4.69) is 5.73 Å². The maximum absolute atomic E-state index is 15.2. The molecule has 1 aliphatic heterocycles. The smallest absolute Gasteiger partial charge is 0.461 e. The molecule has 5 nitrogen and oxygen atoms in total. The highest BCUT2D eigenvalue weighted by Crippen LogP contribution is 2.39. The van der Waals surface area contributed by atoms with Gasteiger partial charge in [-0.05, 0) is 45.9 Å². The quantitative estimate of drug-likeness (QED) is 0.333. The first-order chi connectivity index (χ1) is 15.2. The van der Waals surface area contributed by atoms with Gasteiger partial charge < -0.3 is 19.5 Å². The summed E-state index contributed by atoms with van der Waals surface area (Å²) < 4.78 is 85.6. The monoisotopic (exact) mass is 469 g/mol. The van der Waals surface area contributed by atoms with Crippen molar-refractivity contribution in [1.29, 1.82) is 0 Å². The van der Waals surface area contributed by atoms with Crippen molar-refractivity contribution in [3.63, 3.8) is 0 Å². The lowest BCUT2D eigenvalue weighted by atomic mass is 9.78. The largest absolute Gasteiger partial charge is 0.498 e. The summed E-state index contributed by atoms with van der Waals surface area (Å²) in [6, 6.07) is 4.92. The molecule has 4 rings (SSSR count). The molecule has 1 fully saturated rings. The summed E-state index contributed by atoms with van der Waals surface area (Å²) in [7, 11) is -0.988. The van der Waals surface area contributed by atoms with Gasteiger partial charge in [0.05, 0.1) is 23.0 Å². The number of hydrogen-bond donors (Lipinski definition) is 1. The third-order valence-electron chi connectivity index (χ3n) is 5.80. The average molecular weight is 469 g/mol. The average Bonchev–Trinajstić information content (AvgIpc) is 3.20. The SMILES string of the molecule is CC1(C)OB(c2ccc3c(-c4cc(C(F)(F)F)ccc4F)coc3c2F)OC1(C)C.NC=O. The molecular formula is C22H21BF5NO4. The van der Waals surface area contributed by atoms with Gasteiger partial charge in [0.25, 0.3) is 0 Å². The Morgan fingerprint density at radius 2 is 1.55 bits per heavy atom. The standard InChI is InChI=1S/C21H18BF5O3.CH3NO/c1-19(2)20(3,4)30-22(29-19)15-7-6-12-14(10-28-18(12)17(15)24)13-9-11(21(25,26)27)5-8-16(13)23;2-1-3/h5-10H,1-4H3;1H,(H2,2,3). The van der Waals surface area contributed by atoms with Gasteiger partial charge in [0.15, 0.2) is 11.4 Å². The van der Waals surface area contributed by atoms with E-state index in [-0.39, 0.29) is 34.0 Å². The van der Waals surface area contributed by atoms with Gasteiger partial charge in [-0.15, -0.1) is 0 Å². The van der Waals surface area contributed by atoms with Crippen LogP contribution >= 0.6 is 0 Å². The van der Waals surface area contributed by atoms with Crippen molar-refractivity contribution >= 4 is 30.0 Å². The Balaban J connectivity index is 0.000000968. The molecule has 2 heterocycles. The zero-order chi connectivity index (χ0) is 24.8. The normalized spacial score (nSPS) is 17.1. The number of hydrogen-bond acceptors (Lipinski definition) is 4. The van der Waals surface area contributed by atoms with Gasteiger partial charge in [0.1, 0.15) is 5.82 Å². The highest BCUT2D eigenvalue weighted by Gasteiger charge is 2.52. The topological polar surface area (TPSA) is 74.7 Å². The highest BCUT2D eigenvalue weighted by molar-refractivity contribution is 6.62. The minimum atomic E-state index is -4.64. The van der Waals surface area contributed by atoms with Crippen molar-refractivity contribution in [2.24, 2.45) is 5.73 Å². The molecule has 176 valence electrons. The van der Waals surface area contributed by atoms with E-state index in [4.69, 9.17) is 18.5 Å². The molecule has 2 aromatic carbocycles. The Morgan fingerprint density at radius 1 is 0.970 bits per heavy atom. The second-order valence-electron chi connectivity index (χ2n) is 8.41. The van der Waals surface area contributed by atoms with E-state index in [1.54, 1.807) is 0 Å². The van der Waals surface area contributed by atoms with Crippen molar-refractivity contribution < 1.29 is 40.5 Å². The number of carbonyl (C=O) groups is 1. The summed E-state index contributed by atoms with van der Waals surface area (Å²) >= 11 is 0. The van der Waals surface area contributed by atoms with E-state index >= 15 is 4.39 Å². The fourth-order valence-electron chi connectivity index (χ4n) is 3.35. The number of alkyl halides is 3. The number of nitrogens with two attached hydrogens (primary N) is 1. The second-order valence-corrected chi connectivity index (χ2v) is 8.41. The first-order valence-electron chi connectivity index (χ1n) is 9.81. The van der Waals surface area contributed by atoms with Crippen LogP contribution in [0.5, 0.6) is 0 Å². The molecule has 2 N–H and O–H groups in total. The van der Waals surface area contributed by atoms with E-state index in [1.165, 1.54) is 12.1 Å². The van der Waals surface area contributed by atoms with Crippen molar-refractivity contribution in [3.8, 4) is 11.1 Å². The van der Waals surface area contributed by atoms with Crippen LogP contribution in [0.15, 0.2) is 41.0 Å². The fourth-order valence-corrected chi connectivity index (χ4v) is 3.35. The number of rotatable bonds is 2. The number of halogens is 5. The Hall–Kier alpha value is -2.92. The summed E-state index contributed by atoms with van der Waals surface area (Å²) in [5.74, 6) is -1.65. The summed E-state index contributed by atoms with van der Waals surface area (Å²) in [6.07, 6.45) is -3.35. The van der Waals surface area contributed by atoms with Gasteiger partial charge in [0.2, 0.25) is 6.41 Å². The maximum Gasteiger partial charge on any atom is 0.498 e. The number of benzene rings is 2. The van der Waals surface area contributed by atoms with E-state index in [9.17, 15) is 17.6 Å². The molecule has 33 heavy (non-hydrogen) atoms. The summed E-state index contributed by atoms with van der Waals surface area (Å²) in [6.45, 7) is 7.30. The van der Waals surface area contributed by atoms with Crippen LogP contribution in [0.2, 0.25) is 0 Å². The van der Waals surface area contributed by atoms with E-state index in [1.807, 2.05) is 27.7 Å². The zero-order valence-electron chi connectivity index (χ0n) is 18.2. The summed E-state index contributed by atoms with van der Waals surface area (Å²) in [4.78, 5) is 8.58. The molecule has 1 saturated heterocycles. The molecule has 0 radical (unpaired) electrons. The molecule has 11 heteroatoms. The molecule has 0 unspecified atom stereocenters. The first kappa shape index (κ1) is 24.7. The summed E-state index contributed by atoms with van der Waals surface area (Å²) in [5, 5.41) is 0.144. The van der Waals surface area contributed by atoms with Gasteiger partial charge in [0, 0.05) is 22.0 Å². The molecule has 0 spiro atoms. The lowest BCUT2D eigenvalue weighted by molar-refractivity contribution is -0.137. The van der Waals surface area contributed by atoms with Gasteiger partial charge >= 0.3 is 13.3 Å². The number of carbonyl (C=O) groups excluding carboxylic acids is 1. The number of primary amides is 1. The van der Waals surface area contributed by atoms with Crippen LogP contribution in [0.4, 0.5) is 22.0 Å². The third kappa shape index (κ3) is 4.47. The van der Waals surface area contributed by atoms with Crippen LogP contribution in [-0.4, -0.2) is 24.7 Å². The molecule has 0 aliphatic carbocycles. The zero-order valence-corrected chi connectivity index (χ0v) is 18.2. The van der Waals surface area contributed by atoms with Crippen LogP contribution in [0.3, 0.4) is 0 Å². The predicted molar refractivity (Wildman–Crippen MR) is 113 cm³/mol. The van der Waals surface area contributed by atoms with Crippen LogP contribution in [-0.2, 0) is 20.3 Å². The number of fused-ring (bicyclic) bond motifs is 1. The van der Waals surface area contributed by atoms with E-state index in [0.717, 1.165) is 12.3 Å². The molecule has 0 bridgehead atoms. The van der Waals surface area contributed by atoms with Crippen LogP contribution in [0.25, 0.3) is 22.1 Å². The van der Waals surface area contributed by atoms with Crippen molar-refractivity contribution in [2.45, 2.75) is 45.1 Å². The van der Waals surface area contributed by atoms with Gasteiger partial charge in [-0.1, -0.05) is 12.1 Å². The van der Waals surface area contributed by atoms with Crippen molar-refractivity contribution in [1.82, 2.24) is 0 Å². The molecule has 3 aromatic rings. The minimum absolute atomic E-state index is 0.0213. The van der Waals surface area contributed by atoms with Crippen LogP contribution < -0.4 is 11.2 Å². The van der Waals surface area contributed by atoms with Gasteiger partial charge in [-0.25, -0.2) is 8.78 Å². The molecule has 1 aliphatic rings. The van der Waals surface area contributed by atoms with Crippen LogP contribution in [0.1, 0.15) is 33.3 Å². The Labute approximate surface area is 186 Å². The summed E-state index contributed by atoms with van der Waals surface area (Å²) in [5.41, 5.74) is 1.35. The lowest BCUT2D eigenvalue weighted by Gasteiger charge is -2.32. The number of amides is 1.